The number of aryl methyl sites for hydroxylation is 1. The maximum atomic E-state index is 12.7. The lowest BCUT2D eigenvalue weighted by Crippen LogP contribution is -2.11. The highest BCUT2D eigenvalue weighted by molar-refractivity contribution is 7.07. The summed E-state index contributed by atoms with van der Waals surface area (Å²) in [7, 11) is 0. The van der Waals surface area contributed by atoms with Gasteiger partial charge in [-0.15, -0.1) is 16.4 Å². The quantitative estimate of drug-likeness (QED) is 0.797. The zero-order valence-corrected chi connectivity index (χ0v) is 12.2. The summed E-state index contributed by atoms with van der Waals surface area (Å²) in [5.74, 6) is -0.864. The third-order valence-electron chi connectivity index (χ3n) is 2.86. The van der Waals surface area contributed by atoms with E-state index in [4.69, 9.17) is 0 Å². The molecule has 1 N–H and O–H groups in total. The van der Waals surface area contributed by atoms with Crippen LogP contribution < -0.4 is 5.32 Å². The molecule has 0 aliphatic heterocycles. The van der Waals surface area contributed by atoms with Crippen LogP contribution in [0.1, 0.15) is 17.2 Å². The molecule has 0 saturated carbocycles. The molecule has 0 bridgehead atoms. The van der Waals surface area contributed by atoms with Crippen molar-refractivity contribution in [1.82, 2.24) is 24.6 Å². The number of anilines is 1. The predicted octanol–water partition coefficient (Wildman–Crippen LogP) is 2.56. The summed E-state index contributed by atoms with van der Waals surface area (Å²) in [6.07, 6.45) is -3.94. The molecule has 0 amide bonds. The number of nitrogens with zero attached hydrogens (tertiary/aromatic N) is 5. The Labute approximate surface area is 127 Å². The molecule has 0 radical (unpaired) electrons. The minimum absolute atomic E-state index is 0.0801. The van der Waals surface area contributed by atoms with Gasteiger partial charge in [0.15, 0.2) is 0 Å². The van der Waals surface area contributed by atoms with E-state index in [1.54, 1.807) is 18.5 Å². The first-order chi connectivity index (χ1) is 10.4. The molecule has 0 aliphatic carbocycles. The van der Waals surface area contributed by atoms with Crippen molar-refractivity contribution in [1.29, 1.82) is 0 Å². The van der Waals surface area contributed by atoms with E-state index in [0.717, 1.165) is 10.2 Å². The van der Waals surface area contributed by atoms with Crippen molar-refractivity contribution in [2.75, 3.05) is 11.9 Å². The Morgan fingerprint density at radius 1 is 1.32 bits per heavy atom. The fourth-order valence-electron chi connectivity index (χ4n) is 1.91. The van der Waals surface area contributed by atoms with Gasteiger partial charge in [-0.05, 0) is 6.92 Å². The minimum atomic E-state index is -4.60. The maximum Gasteiger partial charge on any atom is 0.453 e. The van der Waals surface area contributed by atoms with E-state index in [-0.39, 0.29) is 5.78 Å². The number of rotatable bonds is 4. The smallest absolute Gasteiger partial charge is 0.369 e. The SMILES string of the molecule is Cc1cc(NCCc2cscn2)n2nc(C(F)(F)F)nc2n1. The summed E-state index contributed by atoms with van der Waals surface area (Å²) >= 11 is 1.50. The fraction of sp³-hybridized carbons (Fsp3) is 0.333. The van der Waals surface area contributed by atoms with Crippen molar-refractivity contribution < 1.29 is 13.2 Å². The van der Waals surface area contributed by atoms with E-state index in [1.165, 1.54) is 11.3 Å². The second kappa shape index (κ2) is 5.52. The van der Waals surface area contributed by atoms with Gasteiger partial charge in [0, 0.05) is 30.1 Å². The van der Waals surface area contributed by atoms with E-state index in [9.17, 15) is 13.2 Å². The third kappa shape index (κ3) is 3.01. The monoisotopic (exact) mass is 328 g/mol. The highest BCUT2D eigenvalue weighted by Gasteiger charge is 2.36. The van der Waals surface area contributed by atoms with Crippen LogP contribution in [0.25, 0.3) is 5.78 Å². The van der Waals surface area contributed by atoms with E-state index in [1.807, 2.05) is 5.38 Å². The molecule has 3 rings (SSSR count). The van der Waals surface area contributed by atoms with Crippen LogP contribution in [0.4, 0.5) is 19.0 Å². The summed E-state index contributed by atoms with van der Waals surface area (Å²) in [6.45, 7) is 2.21. The van der Waals surface area contributed by atoms with Crippen molar-refractivity contribution in [2.24, 2.45) is 0 Å². The van der Waals surface area contributed by atoms with Crippen LogP contribution in [0.2, 0.25) is 0 Å². The van der Waals surface area contributed by atoms with Gasteiger partial charge >= 0.3 is 6.18 Å². The second-order valence-electron chi connectivity index (χ2n) is 4.58. The van der Waals surface area contributed by atoms with Gasteiger partial charge in [0.1, 0.15) is 5.82 Å². The molecule has 3 heterocycles. The van der Waals surface area contributed by atoms with E-state index < -0.39 is 12.0 Å². The number of halogens is 3. The highest BCUT2D eigenvalue weighted by atomic mass is 32.1. The van der Waals surface area contributed by atoms with E-state index >= 15 is 0 Å². The molecule has 6 nitrogen and oxygen atoms in total. The lowest BCUT2D eigenvalue weighted by atomic mass is 10.3. The lowest BCUT2D eigenvalue weighted by molar-refractivity contribution is -0.144. The zero-order chi connectivity index (χ0) is 15.7. The van der Waals surface area contributed by atoms with Crippen LogP contribution in [0.3, 0.4) is 0 Å². The number of aromatic nitrogens is 5. The molecule has 0 saturated heterocycles. The molecule has 0 unspecified atom stereocenters. The molecule has 0 aromatic carbocycles. The zero-order valence-electron chi connectivity index (χ0n) is 11.4. The molecular weight excluding hydrogens is 317 g/mol. The van der Waals surface area contributed by atoms with Gasteiger partial charge in [0.05, 0.1) is 11.2 Å². The van der Waals surface area contributed by atoms with Crippen LogP contribution in [-0.4, -0.2) is 31.1 Å². The minimum Gasteiger partial charge on any atom is -0.369 e. The van der Waals surface area contributed by atoms with Crippen molar-refractivity contribution in [3.8, 4) is 0 Å². The van der Waals surface area contributed by atoms with Gasteiger partial charge in [-0.2, -0.15) is 22.7 Å². The van der Waals surface area contributed by atoms with Gasteiger partial charge in [0.25, 0.3) is 11.6 Å². The fourth-order valence-corrected chi connectivity index (χ4v) is 2.51. The van der Waals surface area contributed by atoms with Gasteiger partial charge in [-0.3, -0.25) is 0 Å². The number of fused-ring (bicyclic) bond motifs is 1. The first kappa shape index (κ1) is 14.7. The van der Waals surface area contributed by atoms with Crippen molar-refractivity contribution >= 4 is 22.9 Å². The maximum absolute atomic E-state index is 12.7. The first-order valence-corrected chi connectivity index (χ1v) is 7.30. The molecule has 0 fully saturated rings. The van der Waals surface area contributed by atoms with Crippen LogP contribution in [0.15, 0.2) is 17.0 Å². The third-order valence-corrected chi connectivity index (χ3v) is 3.50. The Morgan fingerprint density at radius 2 is 2.14 bits per heavy atom. The molecule has 3 aromatic heterocycles. The molecule has 3 aromatic rings. The van der Waals surface area contributed by atoms with E-state index in [0.29, 0.717) is 24.5 Å². The van der Waals surface area contributed by atoms with Gasteiger partial charge < -0.3 is 5.32 Å². The van der Waals surface area contributed by atoms with Gasteiger partial charge in [0.2, 0.25) is 0 Å². The Morgan fingerprint density at radius 3 is 2.82 bits per heavy atom. The average molecular weight is 328 g/mol. The standard InChI is InChI=1S/C12H11F3N6S/c1-7-4-9(16-3-2-8-5-22-6-17-8)21-11(18-7)19-10(20-21)12(13,14)15/h4-6,16H,2-3H2,1H3. The van der Waals surface area contributed by atoms with Gasteiger partial charge in [-0.25, -0.2) is 9.97 Å². The normalized spacial score (nSPS) is 12.0. The van der Waals surface area contributed by atoms with Crippen molar-refractivity contribution in [3.05, 3.63) is 34.2 Å². The highest BCUT2D eigenvalue weighted by Crippen LogP contribution is 2.27. The lowest BCUT2D eigenvalue weighted by Gasteiger charge is -2.07. The molecule has 10 heteroatoms. The molecule has 0 aliphatic rings. The topological polar surface area (TPSA) is 68.0 Å². The van der Waals surface area contributed by atoms with Crippen LogP contribution in [0, 0.1) is 6.92 Å². The van der Waals surface area contributed by atoms with Gasteiger partial charge in [-0.1, -0.05) is 0 Å². The molecule has 0 spiro atoms. The first-order valence-electron chi connectivity index (χ1n) is 6.36. The molecule has 116 valence electrons. The summed E-state index contributed by atoms with van der Waals surface area (Å²) in [5.41, 5.74) is 3.22. The Bertz CT molecular complexity index is 780. The summed E-state index contributed by atoms with van der Waals surface area (Å²) in [4.78, 5) is 11.5. The Balaban J connectivity index is 1.86. The Kier molecular flexibility index (Phi) is 3.69. The van der Waals surface area contributed by atoms with Crippen LogP contribution in [-0.2, 0) is 12.6 Å². The van der Waals surface area contributed by atoms with Crippen LogP contribution >= 0.6 is 11.3 Å². The summed E-state index contributed by atoms with van der Waals surface area (Å²) < 4.78 is 39.2. The predicted molar refractivity (Wildman–Crippen MR) is 74.8 cm³/mol. The average Bonchev–Trinajstić information content (AvgIpc) is 3.06. The number of hydrogen-bond acceptors (Lipinski definition) is 6. The molecule has 22 heavy (non-hydrogen) atoms. The number of nitrogens with one attached hydrogen (secondary N) is 1. The number of alkyl halides is 3. The summed E-state index contributed by atoms with van der Waals surface area (Å²) in [6, 6.07) is 1.63. The second-order valence-corrected chi connectivity index (χ2v) is 5.30. The van der Waals surface area contributed by atoms with E-state index in [2.05, 4.69) is 25.4 Å². The Hall–Kier alpha value is -2.23. The summed E-state index contributed by atoms with van der Waals surface area (Å²) in [5, 5.41) is 8.45. The number of hydrogen-bond donors (Lipinski definition) is 1. The molecular formula is C12H11F3N6S. The van der Waals surface area contributed by atoms with Crippen molar-refractivity contribution in [2.45, 2.75) is 19.5 Å². The number of thiazole rings is 1. The molecule has 0 atom stereocenters. The van der Waals surface area contributed by atoms with Crippen molar-refractivity contribution in [3.63, 3.8) is 0 Å². The largest absolute Gasteiger partial charge is 0.453 e. The van der Waals surface area contributed by atoms with Crippen LogP contribution in [0.5, 0.6) is 0 Å².